The highest BCUT2D eigenvalue weighted by molar-refractivity contribution is 7.26. The van der Waals surface area contributed by atoms with Crippen molar-refractivity contribution in [1.82, 2.24) is 19.1 Å². The molecule has 10 heteroatoms. The molecule has 2 N–H and O–H groups in total. The zero-order chi connectivity index (χ0) is 53.2. The number of unbranched alkanes of at least 4 members (excludes halogenated alkanes) is 24. The molecule has 4 aromatic heterocycles. The van der Waals surface area contributed by atoms with Gasteiger partial charge in [0, 0.05) is 23.9 Å². The molecule has 8 aromatic rings. The highest BCUT2D eigenvalue weighted by atomic mass is 32.1. The number of H-pyrrole nitrogens is 2. The van der Waals surface area contributed by atoms with Gasteiger partial charge in [-0.2, -0.15) is 0 Å². The fraction of sp³-hybridized carbons (Fsp3) is 0.606. The second-order valence-electron chi connectivity index (χ2n) is 22.9. The van der Waals surface area contributed by atoms with E-state index in [1.165, 1.54) is 151 Å². The first kappa shape index (κ1) is 57.6. The molecule has 2 atom stereocenters. The zero-order valence-electron chi connectivity index (χ0n) is 47.2. The van der Waals surface area contributed by atoms with Crippen LogP contribution < -0.4 is 22.2 Å². The lowest BCUT2D eigenvalue weighted by atomic mass is 9.92. The van der Waals surface area contributed by atoms with E-state index in [0.717, 1.165) is 97.5 Å². The Bertz CT molecular complexity index is 2970. The van der Waals surface area contributed by atoms with Crippen LogP contribution in [0.25, 0.3) is 73.2 Å². The van der Waals surface area contributed by atoms with Gasteiger partial charge in [0.1, 0.15) is 0 Å². The van der Waals surface area contributed by atoms with Crippen LogP contribution in [0.2, 0.25) is 0 Å². The average Bonchev–Trinajstić information content (AvgIpc) is 3.58. The summed E-state index contributed by atoms with van der Waals surface area (Å²) in [5.74, 6) is 0.336. The lowest BCUT2D eigenvalue weighted by Crippen LogP contribution is -2.38. The highest BCUT2D eigenvalue weighted by Crippen LogP contribution is 2.44. The third-order valence-corrected chi connectivity index (χ3v) is 19.3. The maximum absolute atomic E-state index is 15.8. The van der Waals surface area contributed by atoms with Gasteiger partial charge < -0.3 is 9.97 Å². The fourth-order valence-electron chi connectivity index (χ4n) is 12.6. The van der Waals surface area contributed by atoms with Crippen LogP contribution in [-0.4, -0.2) is 19.1 Å². The Morgan fingerprint density at radius 3 is 0.961 bits per heavy atom. The maximum Gasteiger partial charge on any atom is 0.263 e. The minimum absolute atomic E-state index is 0.165. The molecular weight excluding hydrogens is 977 g/mol. The van der Waals surface area contributed by atoms with Crippen molar-refractivity contribution in [2.45, 2.75) is 246 Å². The predicted octanol–water partition coefficient (Wildman–Crippen LogP) is 19.4. The van der Waals surface area contributed by atoms with Crippen LogP contribution >= 0.6 is 22.7 Å². The van der Waals surface area contributed by atoms with Crippen molar-refractivity contribution in [3.05, 3.63) is 89.9 Å². The molecule has 0 spiro atoms. The molecule has 8 nitrogen and oxygen atoms in total. The lowest BCUT2D eigenvalue weighted by Gasteiger charge is -2.22. The Hall–Kier alpha value is -4.54. The fourth-order valence-corrected chi connectivity index (χ4v) is 14.9. The van der Waals surface area contributed by atoms with Crippen LogP contribution in [0.3, 0.4) is 0 Å². The predicted molar refractivity (Wildman–Crippen MR) is 332 cm³/mol. The number of hydrogen-bond acceptors (Lipinski definition) is 6. The Morgan fingerprint density at radius 2 is 0.632 bits per heavy atom. The van der Waals surface area contributed by atoms with Crippen molar-refractivity contribution in [3.8, 4) is 0 Å². The van der Waals surface area contributed by atoms with Gasteiger partial charge in [0.05, 0.1) is 62.4 Å². The van der Waals surface area contributed by atoms with Crippen molar-refractivity contribution in [2.75, 3.05) is 0 Å². The summed E-state index contributed by atoms with van der Waals surface area (Å²) >= 11 is 3.02. The van der Waals surface area contributed by atoms with E-state index in [1.54, 1.807) is 9.13 Å². The first-order valence-corrected chi connectivity index (χ1v) is 32.5. The van der Waals surface area contributed by atoms with Crippen LogP contribution in [0.4, 0.5) is 0 Å². The number of aromatic amines is 2. The number of para-hydroxylation sites is 2. The SMILES string of the molecule is CCCCCCCCCCC(CCCCCCCC)Cn1c(=O)c2c3[nH]c4ccccc4sc3c3c(=O)n(CC(CCCCCCCC)CCCCCCCCCC)c(=O)c4c5sc6ccccc6[nH]c5c(c1=O)c2c34. The van der Waals surface area contributed by atoms with Crippen molar-refractivity contribution in [2.24, 2.45) is 11.8 Å². The molecule has 4 aromatic carbocycles. The molecule has 2 unspecified atom stereocenters. The second kappa shape index (κ2) is 29.4. The smallest absolute Gasteiger partial charge is 0.263 e. The van der Waals surface area contributed by atoms with Crippen LogP contribution in [0.5, 0.6) is 0 Å². The number of pyridine rings is 2. The quantitative estimate of drug-likeness (QED) is 0.0232. The summed E-state index contributed by atoms with van der Waals surface area (Å²) in [6.45, 7) is 9.73. The van der Waals surface area contributed by atoms with Crippen molar-refractivity contribution < 1.29 is 0 Å². The zero-order valence-corrected chi connectivity index (χ0v) is 48.8. The van der Waals surface area contributed by atoms with Gasteiger partial charge in [-0.25, -0.2) is 0 Å². The number of aromatic nitrogens is 4. The van der Waals surface area contributed by atoms with Gasteiger partial charge in [0.2, 0.25) is 0 Å². The summed E-state index contributed by atoms with van der Waals surface area (Å²) in [6.07, 6.45) is 37.9. The van der Waals surface area contributed by atoms with E-state index in [4.69, 9.17) is 0 Å². The lowest BCUT2D eigenvalue weighted by molar-refractivity contribution is 0.350. The van der Waals surface area contributed by atoms with E-state index in [1.807, 2.05) is 36.4 Å². The molecule has 0 aliphatic carbocycles. The minimum atomic E-state index is -0.335. The molecule has 0 bridgehead atoms. The molecule has 0 aliphatic heterocycles. The third-order valence-electron chi connectivity index (χ3n) is 17.0. The normalized spacial score (nSPS) is 13.1. The molecule has 0 amide bonds. The van der Waals surface area contributed by atoms with Gasteiger partial charge in [-0.3, -0.25) is 28.3 Å². The van der Waals surface area contributed by atoms with Crippen molar-refractivity contribution in [3.63, 3.8) is 0 Å². The van der Waals surface area contributed by atoms with E-state index in [0.29, 0.717) is 65.8 Å². The molecule has 0 aliphatic rings. The summed E-state index contributed by atoms with van der Waals surface area (Å²) in [5, 5.41) is 2.58. The maximum atomic E-state index is 15.8. The van der Waals surface area contributed by atoms with Crippen LogP contribution in [0, 0.1) is 11.8 Å². The molecule has 76 heavy (non-hydrogen) atoms. The van der Waals surface area contributed by atoms with Crippen molar-refractivity contribution in [1.29, 1.82) is 0 Å². The summed E-state index contributed by atoms with van der Waals surface area (Å²) in [6, 6.07) is 16.1. The summed E-state index contributed by atoms with van der Waals surface area (Å²) in [7, 11) is 0. The van der Waals surface area contributed by atoms with Crippen LogP contribution in [0.15, 0.2) is 67.7 Å². The third kappa shape index (κ3) is 13.8. The summed E-state index contributed by atoms with van der Waals surface area (Å²) in [5.41, 5.74) is 1.57. The summed E-state index contributed by atoms with van der Waals surface area (Å²) in [4.78, 5) is 70.6. The molecule has 0 radical (unpaired) electrons. The standard InChI is InChI=1S/C66H92N4O4S2/c1-5-9-13-17-21-23-27-31-39-47(37-29-25-19-15-11-7-3)45-69-63(71)55-53-54-57(61-59(55)67-49-41-33-35-43-51(49)75-61)65(73)70(46-48(38-30-26-20-16-12-8-4)40-32-28-24-22-18-14-10-6-2)66(74)58(54)62-60(56(53)64(69)72)68-50-42-34-36-44-52(50)76-62/h33-36,41-44,47-48,67-68H,5-32,37-40,45-46H2,1-4H3. The van der Waals surface area contributed by atoms with Gasteiger partial charge in [0.15, 0.2) is 0 Å². The Balaban J connectivity index is 1.30. The summed E-state index contributed by atoms with van der Waals surface area (Å²) < 4.78 is 6.38. The van der Waals surface area contributed by atoms with Gasteiger partial charge >= 0.3 is 0 Å². The van der Waals surface area contributed by atoms with E-state index < -0.39 is 0 Å². The van der Waals surface area contributed by atoms with E-state index in [-0.39, 0.29) is 34.1 Å². The molecular formula is C66H92N4O4S2. The van der Waals surface area contributed by atoms with Gasteiger partial charge in [0.25, 0.3) is 22.2 Å². The monoisotopic (exact) mass is 1070 g/mol. The number of hydrogen-bond donors (Lipinski definition) is 2. The molecule has 0 saturated carbocycles. The molecule has 4 heterocycles. The topological polar surface area (TPSA) is 110 Å². The van der Waals surface area contributed by atoms with E-state index >= 15 is 19.2 Å². The van der Waals surface area contributed by atoms with Crippen LogP contribution in [0.1, 0.15) is 233 Å². The number of benzene rings is 4. The number of rotatable bonds is 36. The molecule has 0 fully saturated rings. The second-order valence-corrected chi connectivity index (χ2v) is 25.0. The minimum Gasteiger partial charge on any atom is -0.353 e. The number of nitrogens with zero attached hydrogens (tertiary/aromatic N) is 2. The highest BCUT2D eigenvalue weighted by Gasteiger charge is 2.30. The molecule has 412 valence electrons. The Kier molecular flexibility index (Phi) is 22.3. The molecule has 0 saturated heterocycles. The van der Waals surface area contributed by atoms with E-state index in [2.05, 4.69) is 49.8 Å². The first-order chi connectivity index (χ1) is 37.3. The number of fused-ring (bicyclic) bond motifs is 8. The average molecular weight is 1070 g/mol. The largest absolute Gasteiger partial charge is 0.353 e. The number of nitrogens with one attached hydrogen (secondary N) is 2. The van der Waals surface area contributed by atoms with Gasteiger partial charge in [-0.05, 0) is 61.8 Å². The van der Waals surface area contributed by atoms with Gasteiger partial charge in [-0.1, -0.05) is 232 Å². The Morgan fingerprint density at radius 1 is 0.355 bits per heavy atom. The first-order valence-electron chi connectivity index (χ1n) is 30.8. The van der Waals surface area contributed by atoms with Gasteiger partial charge in [-0.15, -0.1) is 22.7 Å². The van der Waals surface area contributed by atoms with Crippen LogP contribution in [-0.2, 0) is 13.1 Å². The van der Waals surface area contributed by atoms with E-state index in [9.17, 15) is 0 Å². The Labute approximate surface area is 460 Å². The van der Waals surface area contributed by atoms with Crippen molar-refractivity contribution >= 4 is 95.9 Å². The molecule has 8 rings (SSSR count).